The summed E-state index contributed by atoms with van der Waals surface area (Å²) in [4.78, 5) is 28.3. The number of nitrogens with one attached hydrogen (secondary N) is 4. The van der Waals surface area contributed by atoms with Crippen LogP contribution in [0, 0.1) is 0 Å². The number of urea groups is 1. The highest BCUT2D eigenvalue weighted by molar-refractivity contribution is 5.97. The first kappa shape index (κ1) is 19.4. The van der Waals surface area contributed by atoms with Crippen molar-refractivity contribution in [2.75, 3.05) is 25.6 Å². The summed E-state index contributed by atoms with van der Waals surface area (Å²) in [5.74, 6) is -0.279. The topological polar surface area (TPSA) is 95.2 Å². The van der Waals surface area contributed by atoms with Gasteiger partial charge in [-0.05, 0) is 23.8 Å². The zero-order valence-electron chi connectivity index (χ0n) is 15.7. The standard InChI is InChI=1S/C21H24N4O3/c1-28-12-11-22-21(27)25-19(20(26)24-16-7-3-2-4-8-16)13-15-14-23-18-10-6-5-9-17(15)18/h2-10,14,19,23H,11-13H2,1H3,(H,24,26)(H2,22,25,27)/t19-/m0/s1. The molecule has 0 aliphatic carbocycles. The second-order valence-electron chi connectivity index (χ2n) is 6.36. The molecule has 3 rings (SSSR count). The number of fused-ring (bicyclic) bond motifs is 1. The Morgan fingerprint density at radius 1 is 1.07 bits per heavy atom. The quantitative estimate of drug-likeness (QED) is 0.453. The van der Waals surface area contributed by atoms with E-state index in [2.05, 4.69) is 20.9 Å². The van der Waals surface area contributed by atoms with Crippen LogP contribution in [0.3, 0.4) is 0 Å². The van der Waals surface area contributed by atoms with Gasteiger partial charge in [0.15, 0.2) is 0 Å². The minimum atomic E-state index is -0.734. The smallest absolute Gasteiger partial charge is 0.315 e. The second kappa shape index (κ2) is 9.57. The molecule has 3 aromatic rings. The number of rotatable bonds is 8. The molecular weight excluding hydrogens is 356 g/mol. The van der Waals surface area contributed by atoms with Gasteiger partial charge in [0.1, 0.15) is 6.04 Å². The molecular formula is C21H24N4O3. The first-order chi connectivity index (χ1) is 13.7. The summed E-state index contributed by atoms with van der Waals surface area (Å²) in [7, 11) is 1.56. The largest absolute Gasteiger partial charge is 0.383 e. The number of para-hydroxylation sites is 2. The van der Waals surface area contributed by atoms with E-state index in [4.69, 9.17) is 4.74 Å². The van der Waals surface area contributed by atoms with E-state index in [0.717, 1.165) is 16.5 Å². The van der Waals surface area contributed by atoms with Crippen molar-refractivity contribution in [3.8, 4) is 0 Å². The van der Waals surface area contributed by atoms with Gasteiger partial charge in [0.2, 0.25) is 5.91 Å². The van der Waals surface area contributed by atoms with E-state index in [1.54, 1.807) is 19.2 Å². The van der Waals surface area contributed by atoms with Crippen LogP contribution in [0.15, 0.2) is 60.8 Å². The molecule has 2 aromatic carbocycles. The van der Waals surface area contributed by atoms with Gasteiger partial charge in [-0.1, -0.05) is 36.4 Å². The van der Waals surface area contributed by atoms with Crippen molar-refractivity contribution in [1.29, 1.82) is 0 Å². The molecule has 0 aliphatic heterocycles. The van der Waals surface area contributed by atoms with Crippen molar-refractivity contribution in [1.82, 2.24) is 15.6 Å². The number of methoxy groups -OCH3 is 1. The zero-order chi connectivity index (χ0) is 19.8. The molecule has 1 aromatic heterocycles. The summed E-state index contributed by atoms with van der Waals surface area (Å²) in [6, 6.07) is 15.9. The Morgan fingerprint density at radius 2 is 1.82 bits per heavy atom. The Morgan fingerprint density at radius 3 is 2.61 bits per heavy atom. The lowest BCUT2D eigenvalue weighted by atomic mass is 10.0. The molecule has 0 saturated carbocycles. The monoisotopic (exact) mass is 380 g/mol. The Bertz CT molecular complexity index is 924. The van der Waals surface area contributed by atoms with Crippen LogP contribution in [0.4, 0.5) is 10.5 Å². The molecule has 1 heterocycles. The molecule has 0 radical (unpaired) electrons. The lowest BCUT2D eigenvalue weighted by Crippen LogP contribution is -2.49. The van der Waals surface area contributed by atoms with Gasteiger partial charge >= 0.3 is 6.03 Å². The van der Waals surface area contributed by atoms with Crippen LogP contribution in [0.1, 0.15) is 5.56 Å². The van der Waals surface area contributed by atoms with Gasteiger partial charge < -0.3 is 25.7 Å². The van der Waals surface area contributed by atoms with Crippen molar-refractivity contribution in [2.24, 2.45) is 0 Å². The average Bonchev–Trinajstić information content (AvgIpc) is 3.11. The van der Waals surface area contributed by atoms with Crippen LogP contribution in [0.5, 0.6) is 0 Å². The number of H-pyrrole nitrogens is 1. The van der Waals surface area contributed by atoms with Gasteiger partial charge in [0, 0.05) is 42.9 Å². The van der Waals surface area contributed by atoms with Gasteiger partial charge in [-0.2, -0.15) is 0 Å². The molecule has 7 nitrogen and oxygen atoms in total. The van der Waals surface area contributed by atoms with Crippen molar-refractivity contribution in [2.45, 2.75) is 12.5 Å². The number of carbonyl (C=O) groups is 2. The minimum Gasteiger partial charge on any atom is -0.383 e. The van der Waals surface area contributed by atoms with Crippen molar-refractivity contribution >= 4 is 28.5 Å². The normalized spacial score (nSPS) is 11.8. The maximum Gasteiger partial charge on any atom is 0.315 e. The first-order valence-electron chi connectivity index (χ1n) is 9.11. The molecule has 0 bridgehead atoms. The SMILES string of the molecule is COCCNC(=O)N[C@@H](Cc1c[nH]c2ccccc12)C(=O)Nc1ccccc1. The fraction of sp³-hybridized carbons (Fsp3) is 0.238. The highest BCUT2D eigenvalue weighted by atomic mass is 16.5. The third-order valence-electron chi connectivity index (χ3n) is 4.35. The van der Waals surface area contributed by atoms with Crippen LogP contribution in [0.2, 0.25) is 0 Å². The molecule has 0 saturated heterocycles. The molecule has 3 amide bonds. The minimum absolute atomic E-state index is 0.279. The van der Waals surface area contributed by atoms with E-state index >= 15 is 0 Å². The summed E-state index contributed by atoms with van der Waals surface area (Å²) >= 11 is 0. The maximum atomic E-state index is 12.9. The summed E-state index contributed by atoms with van der Waals surface area (Å²) in [5.41, 5.74) is 2.63. The van der Waals surface area contributed by atoms with Crippen molar-refractivity contribution < 1.29 is 14.3 Å². The molecule has 0 spiro atoms. The van der Waals surface area contributed by atoms with E-state index in [0.29, 0.717) is 25.3 Å². The average molecular weight is 380 g/mol. The number of anilines is 1. The van der Waals surface area contributed by atoms with E-state index in [9.17, 15) is 9.59 Å². The molecule has 0 fully saturated rings. The molecule has 1 atom stereocenters. The van der Waals surface area contributed by atoms with Crippen LogP contribution in [-0.4, -0.2) is 43.2 Å². The fourth-order valence-electron chi connectivity index (χ4n) is 2.96. The Kier molecular flexibility index (Phi) is 6.64. The van der Waals surface area contributed by atoms with Crippen molar-refractivity contribution in [3.63, 3.8) is 0 Å². The molecule has 0 unspecified atom stereocenters. The van der Waals surface area contributed by atoms with Crippen LogP contribution in [0.25, 0.3) is 10.9 Å². The predicted octanol–water partition coefficient (Wildman–Crippen LogP) is 2.66. The second-order valence-corrected chi connectivity index (χ2v) is 6.36. The van der Waals surface area contributed by atoms with Gasteiger partial charge in [-0.25, -0.2) is 4.79 Å². The highest BCUT2D eigenvalue weighted by Gasteiger charge is 2.22. The maximum absolute atomic E-state index is 12.9. The lowest BCUT2D eigenvalue weighted by molar-refractivity contribution is -0.117. The van der Waals surface area contributed by atoms with Gasteiger partial charge in [-0.3, -0.25) is 4.79 Å². The van der Waals surface area contributed by atoms with Crippen molar-refractivity contribution in [3.05, 3.63) is 66.4 Å². The highest BCUT2D eigenvalue weighted by Crippen LogP contribution is 2.19. The van der Waals surface area contributed by atoms with Gasteiger partial charge in [0.25, 0.3) is 0 Å². The first-order valence-corrected chi connectivity index (χ1v) is 9.11. The summed E-state index contributed by atoms with van der Waals surface area (Å²) < 4.78 is 4.93. The van der Waals surface area contributed by atoms with E-state index in [-0.39, 0.29) is 5.91 Å². The van der Waals surface area contributed by atoms with Gasteiger partial charge in [0.05, 0.1) is 6.61 Å². The van der Waals surface area contributed by atoms with Gasteiger partial charge in [-0.15, -0.1) is 0 Å². The zero-order valence-corrected chi connectivity index (χ0v) is 15.7. The predicted molar refractivity (Wildman–Crippen MR) is 109 cm³/mol. The van der Waals surface area contributed by atoms with E-state index in [1.165, 1.54) is 0 Å². The number of aromatic nitrogens is 1. The van der Waals surface area contributed by atoms with E-state index < -0.39 is 12.1 Å². The molecule has 0 aliphatic rings. The molecule has 4 N–H and O–H groups in total. The fourth-order valence-corrected chi connectivity index (χ4v) is 2.96. The third-order valence-corrected chi connectivity index (χ3v) is 4.35. The lowest BCUT2D eigenvalue weighted by Gasteiger charge is -2.19. The number of hydrogen-bond donors (Lipinski definition) is 4. The summed E-state index contributed by atoms with van der Waals surface area (Å²) in [5, 5.41) is 9.34. The molecule has 28 heavy (non-hydrogen) atoms. The number of benzene rings is 2. The molecule has 7 heteroatoms. The summed E-state index contributed by atoms with van der Waals surface area (Å²) in [6.45, 7) is 0.763. The van der Waals surface area contributed by atoms with E-state index in [1.807, 2.05) is 48.7 Å². The number of aromatic amines is 1. The third kappa shape index (κ3) is 5.11. The number of carbonyl (C=O) groups excluding carboxylic acids is 2. The summed E-state index contributed by atoms with van der Waals surface area (Å²) in [6.07, 6.45) is 2.23. The van der Waals surface area contributed by atoms with Crippen LogP contribution < -0.4 is 16.0 Å². The Hall–Kier alpha value is -3.32. The van der Waals surface area contributed by atoms with Crippen LogP contribution >= 0.6 is 0 Å². The Labute approximate surface area is 163 Å². The van der Waals surface area contributed by atoms with Crippen LogP contribution in [-0.2, 0) is 16.0 Å². The molecule has 146 valence electrons. The number of hydrogen-bond acceptors (Lipinski definition) is 3. The number of ether oxygens (including phenoxy) is 1. The number of amides is 3. The Balaban J connectivity index is 1.75.